The Morgan fingerprint density at radius 3 is 2.72 bits per heavy atom. The van der Waals surface area contributed by atoms with Crippen LogP contribution in [0.5, 0.6) is 0 Å². The predicted molar refractivity (Wildman–Crippen MR) is 99.1 cm³/mol. The topological polar surface area (TPSA) is 50.1 Å². The van der Waals surface area contributed by atoms with E-state index in [1.165, 1.54) is 6.07 Å². The Hall–Kier alpha value is -2.40. The summed E-state index contributed by atoms with van der Waals surface area (Å²) < 4.78 is 15.4. The van der Waals surface area contributed by atoms with Gasteiger partial charge in [-0.25, -0.2) is 9.37 Å². The molecule has 2 N–H and O–H groups in total. The Morgan fingerprint density at radius 2 is 2.04 bits per heavy atom. The summed E-state index contributed by atoms with van der Waals surface area (Å²) in [6.45, 7) is 7.47. The first-order chi connectivity index (χ1) is 12.1. The Bertz CT molecular complexity index is 902. The highest BCUT2D eigenvalue weighted by Gasteiger charge is 2.16. The molecule has 0 unspecified atom stereocenters. The number of aromatic nitrogens is 2. The molecular formula is C20H24FN3O. The van der Waals surface area contributed by atoms with Crippen molar-refractivity contribution < 1.29 is 9.50 Å². The van der Waals surface area contributed by atoms with Gasteiger partial charge < -0.3 is 15.0 Å². The van der Waals surface area contributed by atoms with Gasteiger partial charge in [-0.1, -0.05) is 13.0 Å². The van der Waals surface area contributed by atoms with Crippen LogP contribution in [0.1, 0.15) is 35.7 Å². The number of pyridine rings is 1. The number of anilines is 1. The van der Waals surface area contributed by atoms with Gasteiger partial charge in [0.25, 0.3) is 0 Å². The van der Waals surface area contributed by atoms with E-state index < -0.39 is 0 Å². The summed E-state index contributed by atoms with van der Waals surface area (Å²) >= 11 is 0. The van der Waals surface area contributed by atoms with Crippen LogP contribution in [0.25, 0.3) is 10.9 Å². The normalized spacial score (nSPS) is 11.2. The Balaban J connectivity index is 2.01. The number of fused-ring (bicyclic) bond motifs is 1. The molecule has 0 amide bonds. The Kier molecular flexibility index (Phi) is 5.04. The van der Waals surface area contributed by atoms with Gasteiger partial charge in [0.15, 0.2) is 5.82 Å². The van der Waals surface area contributed by atoms with E-state index in [2.05, 4.69) is 21.8 Å². The van der Waals surface area contributed by atoms with E-state index in [9.17, 15) is 9.50 Å². The summed E-state index contributed by atoms with van der Waals surface area (Å²) in [4.78, 5) is 4.51. The van der Waals surface area contributed by atoms with Crippen molar-refractivity contribution in [1.82, 2.24) is 9.55 Å². The van der Waals surface area contributed by atoms with Gasteiger partial charge in [0.05, 0.1) is 12.1 Å². The van der Waals surface area contributed by atoms with Gasteiger partial charge in [-0.15, -0.1) is 0 Å². The van der Waals surface area contributed by atoms with E-state index in [1.807, 2.05) is 19.9 Å². The maximum Gasteiger partial charge on any atom is 0.150 e. The van der Waals surface area contributed by atoms with Gasteiger partial charge >= 0.3 is 0 Å². The fraction of sp³-hybridized carbons (Fsp3) is 0.350. The van der Waals surface area contributed by atoms with Crippen LogP contribution in [0.2, 0.25) is 0 Å². The molecule has 1 aromatic carbocycles. The summed E-state index contributed by atoms with van der Waals surface area (Å²) in [5.74, 6) is 0.569. The van der Waals surface area contributed by atoms with Crippen molar-refractivity contribution in [2.75, 3.05) is 5.32 Å². The average molecular weight is 341 g/mol. The van der Waals surface area contributed by atoms with Gasteiger partial charge in [0.2, 0.25) is 0 Å². The number of hydrogen-bond acceptors (Lipinski definition) is 3. The van der Waals surface area contributed by atoms with Crippen LogP contribution < -0.4 is 5.32 Å². The lowest BCUT2D eigenvalue weighted by atomic mass is 10.1. The third kappa shape index (κ3) is 3.24. The molecule has 3 rings (SSSR count). The summed E-state index contributed by atoms with van der Waals surface area (Å²) in [7, 11) is 0. The van der Waals surface area contributed by atoms with E-state index in [1.54, 1.807) is 18.3 Å². The van der Waals surface area contributed by atoms with E-state index in [4.69, 9.17) is 0 Å². The lowest BCUT2D eigenvalue weighted by molar-refractivity contribution is 0.270. The van der Waals surface area contributed by atoms with Crippen molar-refractivity contribution in [1.29, 1.82) is 0 Å². The van der Waals surface area contributed by atoms with Crippen LogP contribution in [-0.4, -0.2) is 14.7 Å². The first kappa shape index (κ1) is 17.4. The zero-order valence-corrected chi connectivity index (χ0v) is 14.9. The van der Waals surface area contributed by atoms with Crippen LogP contribution in [-0.2, 0) is 19.7 Å². The summed E-state index contributed by atoms with van der Waals surface area (Å²) in [5.41, 5.74) is 5.00. The second-order valence-corrected chi connectivity index (χ2v) is 6.36. The van der Waals surface area contributed by atoms with Crippen molar-refractivity contribution >= 4 is 16.7 Å². The number of halogens is 1. The van der Waals surface area contributed by atoms with Crippen LogP contribution in [0.4, 0.5) is 10.2 Å². The molecule has 0 saturated heterocycles. The van der Waals surface area contributed by atoms with Crippen molar-refractivity contribution in [2.24, 2.45) is 0 Å². The smallest absolute Gasteiger partial charge is 0.150 e. The highest BCUT2D eigenvalue weighted by Crippen LogP contribution is 2.30. The van der Waals surface area contributed by atoms with E-state index in [0.29, 0.717) is 6.54 Å². The Labute approximate surface area is 147 Å². The van der Waals surface area contributed by atoms with Crippen LogP contribution >= 0.6 is 0 Å². The molecule has 0 atom stereocenters. The summed E-state index contributed by atoms with van der Waals surface area (Å²) in [6.07, 6.45) is 2.76. The molecule has 4 nitrogen and oxygen atoms in total. The first-order valence-corrected chi connectivity index (χ1v) is 8.63. The number of nitrogens with zero attached hydrogens (tertiary/aromatic N) is 2. The highest BCUT2D eigenvalue weighted by atomic mass is 19.1. The number of aliphatic hydroxyl groups excluding tert-OH is 1. The molecule has 132 valence electrons. The lowest BCUT2D eigenvalue weighted by Crippen LogP contribution is -2.08. The van der Waals surface area contributed by atoms with Gasteiger partial charge in [-0.3, -0.25) is 0 Å². The minimum absolute atomic E-state index is 0.0109. The van der Waals surface area contributed by atoms with Crippen molar-refractivity contribution in [3.8, 4) is 0 Å². The molecular weight excluding hydrogens is 317 g/mol. The first-order valence-electron chi connectivity index (χ1n) is 8.63. The summed E-state index contributed by atoms with van der Waals surface area (Å²) in [6, 6.07) is 6.81. The quantitative estimate of drug-likeness (QED) is 0.702. The van der Waals surface area contributed by atoms with Gasteiger partial charge in [-0.05, 0) is 55.2 Å². The van der Waals surface area contributed by atoms with Gasteiger partial charge in [-0.2, -0.15) is 0 Å². The Morgan fingerprint density at radius 1 is 1.24 bits per heavy atom. The highest BCUT2D eigenvalue weighted by molar-refractivity contribution is 5.93. The van der Waals surface area contributed by atoms with Crippen LogP contribution in [0, 0.1) is 19.7 Å². The number of hydrogen-bond donors (Lipinski definition) is 2. The van der Waals surface area contributed by atoms with Crippen LogP contribution in [0.15, 0.2) is 30.5 Å². The van der Waals surface area contributed by atoms with Gasteiger partial charge in [0.1, 0.15) is 5.82 Å². The van der Waals surface area contributed by atoms with Gasteiger partial charge in [0, 0.05) is 30.4 Å². The zero-order valence-electron chi connectivity index (χ0n) is 14.9. The molecule has 0 bridgehead atoms. The van der Waals surface area contributed by atoms with Crippen molar-refractivity contribution in [2.45, 2.75) is 46.9 Å². The predicted octanol–water partition coefficient (Wildman–Crippen LogP) is 4.31. The zero-order chi connectivity index (χ0) is 18.0. The number of rotatable bonds is 6. The van der Waals surface area contributed by atoms with E-state index in [-0.39, 0.29) is 12.4 Å². The minimum Gasteiger partial charge on any atom is -0.390 e. The molecule has 0 radical (unpaired) electrons. The molecule has 0 aliphatic heterocycles. The van der Waals surface area contributed by atoms with Crippen molar-refractivity contribution in [3.63, 3.8) is 0 Å². The third-order valence-electron chi connectivity index (χ3n) is 4.70. The monoisotopic (exact) mass is 341 g/mol. The number of benzene rings is 1. The fourth-order valence-corrected chi connectivity index (χ4v) is 3.36. The largest absolute Gasteiger partial charge is 0.390 e. The van der Waals surface area contributed by atoms with Crippen molar-refractivity contribution in [3.05, 3.63) is 58.7 Å². The molecule has 25 heavy (non-hydrogen) atoms. The minimum atomic E-state index is -0.221. The standard InChI is InChI=1S/C20H24FN3O/c1-4-9-24-18(12-25)14(3)17-7-8-22-20(19(17)24)23-11-15-5-6-16(21)10-13(15)2/h5-8,10,25H,4,9,11-12H2,1-3H3,(H,22,23). The molecule has 2 aromatic heterocycles. The molecule has 3 aromatic rings. The SMILES string of the molecule is CCCn1c(CO)c(C)c2ccnc(NCc3ccc(F)cc3C)c21. The number of aryl methyl sites for hydroxylation is 3. The maximum absolute atomic E-state index is 13.3. The number of aliphatic hydroxyl groups is 1. The molecule has 0 saturated carbocycles. The molecule has 0 fully saturated rings. The fourth-order valence-electron chi connectivity index (χ4n) is 3.36. The lowest BCUT2D eigenvalue weighted by Gasteiger charge is -2.13. The average Bonchev–Trinajstić information content (AvgIpc) is 2.87. The summed E-state index contributed by atoms with van der Waals surface area (Å²) in [5, 5.41) is 14.3. The van der Waals surface area contributed by atoms with E-state index in [0.717, 1.165) is 52.1 Å². The molecule has 0 aliphatic rings. The maximum atomic E-state index is 13.3. The molecule has 5 heteroatoms. The molecule has 0 aliphatic carbocycles. The second-order valence-electron chi connectivity index (χ2n) is 6.36. The molecule has 0 spiro atoms. The van der Waals surface area contributed by atoms with E-state index >= 15 is 0 Å². The number of nitrogens with one attached hydrogen (secondary N) is 1. The van der Waals surface area contributed by atoms with Crippen LogP contribution in [0.3, 0.4) is 0 Å². The second kappa shape index (κ2) is 7.23. The third-order valence-corrected chi connectivity index (χ3v) is 4.70. The molecule has 2 heterocycles.